The van der Waals surface area contributed by atoms with Gasteiger partial charge in [-0.1, -0.05) is 15.9 Å². The van der Waals surface area contributed by atoms with Crippen LogP contribution in [0.5, 0.6) is 0 Å². The van der Waals surface area contributed by atoms with E-state index in [0.717, 1.165) is 0 Å². The first kappa shape index (κ1) is 10.9. The third kappa shape index (κ3) is 7.76. The average Bonchev–Trinajstić information content (AvgIpc) is 1.85. The molecule has 0 bridgehead atoms. The fourth-order valence-electron chi connectivity index (χ4n) is 0.367. The highest BCUT2D eigenvalue weighted by molar-refractivity contribution is 9.09. The quantitative estimate of drug-likeness (QED) is 0.511. The SMILES string of the molecule is O=C(CBr)NCCS(=O)(=O)O. The first-order chi connectivity index (χ1) is 4.95. The van der Waals surface area contributed by atoms with Crippen molar-refractivity contribution >= 4 is 32.0 Å². The first-order valence-corrected chi connectivity index (χ1v) is 5.46. The van der Waals surface area contributed by atoms with E-state index in [-0.39, 0.29) is 17.8 Å². The van der Waals surface area contributed by atoms with Crippen LogP contribution >= 0.6 is 15.9 Å². The predicted molar refractivity (Wildman–Crippen MR) is 43.2 cm³/mol. The summed E-state index contributed by atoms with van der Waals surface area (Å²) in [5.41, 5.74) is 0. The molecule has 0 aromatic heterocycles. The summed E-state index contributed by atoms with van der Waals surface area (Å²) < 4.78 is 28.4. The Labute approximate surface area is 73.0 Å². The normalized spacial score (nSPS) is 11.1. The molecule has 0 rings (SSSR count). The number of alkyl halides is 1. The van der Waals surface area contributed by atoms with E-state index in [4.69, 9.17) is 4.55 Å². The summed E-state index contributed by atoms with van der Waals surface area (Å²) in [6.45, 7) is -0.0662. The third-order valence-corrected chi connectivity index (χ3v) is 2.03. The van der Waals surface area contributed by atoms with Gasteiger partial charge in [-0.3, -0.25) is 9.35 Å². The maximum atomic E-state index is 10.5. The highest BCUT2D eigenvalue weighted by Gasteiger charge is 2.04. The Bertz CT molecular complexity index is 224. The number of carbonyl (C=O) groups excluding carboxylic acids is 1. The lowest BCUT2D eigenvalue weighted by molar-refractivity contribution is -0.118. The van der Waals surface area contributed by atoms with E-state index in [2.05, 4.69) is 21.2 Å². The molecule has 0 aliphatic carbocycles. The molecule has 0 saturated heterocycles. The summed E-state index contributed by atoms with van der Waals surface area (Å²) in [6, 6.07) is 0. The van der Waals surface area contributed by atoms with Gasteiger partial charge in [0.1, 0.15) is 0 Å². The van der Waals surface area contributed by atoms with Crippen LogP contribution in [0, 0.1) is 0 Å². The highest BCUT2D eigenvalue weighted by atomic mass is 79.9. The van der Waals surface area contributed by atoms with Crippen molar-refractivity contribution < 1.29 is 17.8 Å². The predicted octanol–water partition coefficient (Wildman–Crippen LogP) is -0.615. The van der Waals surface area contributed by atoms with Gasteiger partial charge in [0.25, 0.3) is 10.1 Å². The minimum absolute atomic E-state index is 0.0662. The Morgan fingerprint density at radius 2 is 2.09 bits per heavy atom. The van der Waals surface area contributed by atoms with Crippen molar-refractivity contribution in [1.29, 1.82) is 0 Å². The zero-order valence-electron chi connectivity index (χ0n) is 5.58. The van der Waals surface area contributed by atoms with Crippen LogP contribution in [0.2, 0.25) is 0 Å². The van der Waals surface area contributed by atoms with Crippen LogP contribution in [0.15, 0.2) is 0 Å². The van der Waals surface area contributed by atoms with Crippen molar-refractivity contribution in [3.05, 3.63) is 0 Å². The molecule has 2 N–H and O–H groups in total. The molecule has 0 aliphatic heterocycles. The lowest BCUT2D eigenvalue weighted by Gasteiger charge is -1.99. The zero-order chi connectivity index (χ0) is 8.91. The Hall–Kier alpha value is -0.140. The van der Waals surface area contributed by atoms with E-state index in [9.17, 15) is 13.2 Å². The lowest BCUT2D eigenvalue weighted by atomic mass is 10.6. The van der Waals surface area contributed by atoms with Gasteiger partial charge in [0.05, 0.1) is 11.1 Å². The number of hydrogen-bond donors (Lipinski definition) is 2. The number of amides is 1. The maximum absolute atomic E-state index is 10.5. The average molecular weight is 246 g/mol. The molecule has 0 aromatic rings. The van der Waals surface area contributed by atoms with Crippen LogP contribution in [-0.2, 0) is 14.9 Å². The fourth-order valence-corrected chi connectivity index (χ4v) is 0.925. The Kier molecular flexibility index (Phi) is 4.62. The van der Waals surface area contributed by atoms with E-state index in [1.165, 1.54) is 0 Å². The molecule has 66 valence electrons. The molecule has 0 aliphatic rings. The van der Waals surface area contributed by atoms with Gasteiger partial charge in [0.2, 0.25) is 5.91 Å². The molecule has 0 atom stereocenters. The summed E-state index contributed by atoms with van der Waals surface area (Å²) in [7, 11) is -3.96. The molecule has 1 amide bonds. The van der Waals surface area contributed by atoms with Gasteiger partial charge in [-0.15, -0.1) is 0 Å². The number of halogens is 1. The molecule has 0 saturated carbocycles. The van der Waals surface area contributed by atoms with E-state index in [1.807, 2.05) is 0 Å². The van der Waals surface area contributed by atoms with Gasteiger partial charge >= 0.3 is 0 Å². The molecular weight excluding hydrogens is 238 g/mol. The molecule has 0 fully saturated rings. The molecule has 11 heavy (non-hydrogen) atoms. The third-order valence-electron chi connectivity index (χ3n) is 0.804. The summed E-state index contributed by atoms with van der Waals surface area (Å²) >= 11 is 2.87. The minimum atomic E-state index is -3.96. The van der Waals surface area contributed by atoms with Crippen LogP contribution in [0.4, 0.5) is 0 Å². The van der Waals surface area contributed by atoms with E-state index in [0.29, 0.717) is 0 Å². The van der Waals surface area contributed by atoms with Gasteiger partial charge in [-0.25, -0.2) is 0 Å². The highest BCUT2D eigenvalue weighted by Crippen LogP contribution is 1.81. The molecule has 7 heteroatoms. The Balaban J connectivity index is 3.51. The second-order valence-corrected chi connectivity index (χ2v) is 3.90. The molecule has 0 unspecified atom stereocenters. The number of rotatable bonds is 4. The van der Waals surface area contributed by atoms with Crippen molar-refractivity contribution in [2.24, 2.45) is 0 Å². The number of nitrogens with one attached hydrogen (secondary N) is 1. The van der Waals surface area contributed by atoms with Crippen LogP contribution in [0.25, 0.3) is 0 Å². The standard InChI is InChI=1S/C4H8BrNO4S/c5-3-4(7)6-1-2-11(8,9)10/h1-3H2,(H,6,7)(H,8,9,10). The van der Waals surface area contributed by atoms with Crippen molar-refractivity contribution in [3.63, 3.8) is 0 Å². The van der Waals surface area contributed by atoms with Gasteiger partial charge in [0, 0.05) is 6.54 Å². The van der Waals surface area contributed by atoms with Gasteiger partial charge in [0.15, 0.2) is 0 Å². The second kappa shape index (κ2) is 4.68. The van der Waals surface area contributed by atoms with Crippen molar-refractivity contribution in [1.82, 2.24) is 5.32 Å². The van der Waals surface area contributed by atoms with Gasteiger partial charge in [-0.05, 0) is 0 Å². The van der Waals surface area contributed by atoms with Gasteiger partial charge < -0.3 is 5.32 Å². The summed E-state index contributed by atoms with van der Waals surface area (Å²) in [6.07, 6.45) is 0. The van der Waals surface area contributed by atoms with E-state index < -0.39 is 15.9 Å². The molecular formula is C4H8BrNO4S. The Morgan fingerprint density at radius 1 is 1.55 bits per heavy atom. The number of hydrogen-bond acceptors (Lipinski definition) is 3. The lowest BCUT2D eigenvalue weighted by Crippen LogP contribution is -2.29. The maximum Gasteiger partial charge on any atom is 0.266 e. The van der Waals surface area contributed by atoms with Crippen molar-refractivity contribution in [3.8, 4) is 0 Å². The van der Waals surface area contributed by atoms with Crippen LogP contribution in [0.1, 0.15) is 0 Å². The monoisotopic (exact) mass is 245 g/mol. The topological polar surface area (TPSA) is 83.5 Å². The zero-order valence-corrected chi connectivity index (χ0v) is 7.98. The fraction of sp³-hybridized carbons (Fsp3) is 0.750. The van der Waals surface area contributed by atoms with Crippen LogP contribution in [0.3, 0.4) is 0 Å². The van der Waals surface area contributed by atoms with Crippen LogP contribution < -0.4 is 5.32 Å². The largest absolute Gasteiger partial charge is 0.354 e. The summed E-state index contributed by atoms with van der Waals surface area (Å²) in [5.74, 6) is -0.764. The van der Waals surface area contributed by atoms with Crippen molar-refractivity contribution in [2.45, 2.75) is 0 Å². The number of carbonyl (C=O) groups is 1. The van der Waals surface area contributed by atoms with Crippen LogP contribution in [-0.4, -0.2) is 36.5 Å². The summed E-state index contributed by atoms with van der Waals surface area (Å²) in [4.78, 5) is 10.5. The van der Waals surface area contributed by atoms with Gasteiger partial charge in [-0.2, -0.15) is 8.42 Å². The summed E-state index contributed by atoms with van der Waals surface area (Å²) in [5, 5.41) is 2.39. The molecule has 5 nitrogen and oxygen atoms in total. The van der Waals surface area contributed by atoms with E-state index >= 15 is 0 Å². The first-order valence-electron chi connectivity index (χ1n) is 2.73. The molecule has 0 radical (unpaired) electrons. The minimum Gasteiger partial charge on any atom is -0.354 e. The molecule has 0 spiro atoms. The van der Waals surface area contributed by atoms with Crippen molar-refractivity contribution in [2.75, 3.05) is 17.6 Å². The second-order valence-electron chi connectivity index (χ2n) is 1.77. The smallest absolute Gasteiger partial charge is 0.266 e. The molecule has 0 heterocycles. The molecule has 0 aromatic carbocycles. The Morgan fingerprint density at radius 3 is 2.45 bits per heavy atom. The van der Waals surface area contributed by atoms with E-state index in [1.54, 1.807) is 0 Å².